The summed E-state index contributed by atoms with van der Waals surface area (Å²) >= 11 is 0. The fraction of sp³-hybridized carbons (Fsp3) is 0.0870. The van der Waals surface area contributed by atoms with Crippen molar-refractivity contribution in [1.82, 2.24) is 20.1 Å². The Morgan fingerprint density at radius 1 is 0.966 bits per heavy atom. The van der Waals surface area contributed by atoms with Crippen molar-refractivity contribution in [3.8, 4) is 16.9 Å². The van der Waals surface area contributed by atoms with Crippen LogP contribution in [0.5, 0.6) is 0 Å². The zero-order valence-electron chi connectivity index (χ0n) is 15.6. The van der Waals surface area contributed by atoms with Crippen molar-refractivity contribution in [2.45, 2.75) is 6.10 Å². The minimum absolute atomic E-state index is 0.0850. The standard InChI is InChI=1S/C23H20N4O2/c28-22(18-11-13-24-14-12-18)16-25-23(29)20-15-21(17-7-3-1-4-8-17)27(26-20)19-9-5-2-6-10-19/h1-15,22,28H,16H2,(H,25,29). The van der Waals surface area contributed by atoms with Gasteiger partial charge >= 0.3 is 0 Å². The van der Waals surface area contributed by atoms with Gasteiger partial charge in [-0.05, 0) is 35.9 Å². The van der Waals surface area contributed by atoms with Gasteiger partial charge in [-0.2, -0.15) is 5.10 Å². The zero-order chi connectivity index (χ0) is 20.1. The maximum Gasteiger partial charge on any atom is 0.271 e. The molecular weight excluding hydrogens is 364 g/mol. The fourth-order valence-corrected chi connectivity index (χ4v) is 3.06. The number of nitrogens with zero attached hydrogens (tertiary/aromatic N) is 3. The molecule has 0 aliphatic heterocycles. The molecule has 1 atom stereocenters. The Labute approximate surface area is 168 Å². The number of para-hydroxylation sites is 1. The van der Waals surface area contributed by atoms with E-state index in [9.17, 15) is 9.90 Å². The normalized spacial score (nSPS) is 11.8. The van der Waals surface area contributed by atoms with E-state index in [0.29, 0.717) is 5.56 Å². The first-order valence-electron chi connectivity index (χ1n) is 9.29. The molecule has 144 valence electrons. The lowest BCUT2D eigenvalue weighted by molar-refractivity contribution is 0.0911. The van der Waals surface area contributed by atoms with Crippen LogP contribution in [0.1, 0.15) is 22.2 Å². The Morgan fingerprint density at radius 2 is 1.62 bits per heavy atom. The van der Waals surface area contributed by atoms with Gasteiger partial charge in [-0.1, -0.05) is 48.5 Å². The summed E-state index contributed by atoms with van der Waals surface area (Å²) in [5, 5.41) is 17.5. The predicted molar refractivity (Wildman–Crippen MR) is 111 cm³/mol. The molecule has 0 bridgehead atoms. The summed E-state index contributed by atoms with van der Waals surface area (Å²) in [7, 11) is 0. The summed E-state index contributed by atoms with van der Waals surface area (Å²) < 4.78 is 1.75. The maximum absolute atomic E-state index is 12.7. The van der Waals surface area contributed by atoms with E-state index in [2.05, 4.69) is 15.4 Å². The zero-order valence-corrected chi connectivity index (χ0v) is 15.6. The molecule has 1 amide bonds. The SMILES string of the molecule is O=C(NCC(O)c1ccncc1)c1cc(-c2ccccc2)n(-c2ccccc2)n1. The molecule has 2 heterocycles. The van der Waals surface area contributed by atoms with Crippen LogP contribution in [0.25, 0.3) is 16.9 Å². The molecule has 2 aromatic carbocycles. The van der Waals surface area contributed by atoms with Crippen molar-refractivity contribution in [2.24, 2.45) is 0 Å². The third-order valence-electron chi connectivity index (χ3n) is 4.56. The van der Waals surface area contributed by atoms with E-state index in [1.54, 1.807) is 35.3 Å². The molecule has 0 aliphatic rings. The smallest absolute Gasteiger partial charge is 0.271 e. The predicted octanol–water partition coefficient (Wildman–Crippen LogP) is 3.40. The Hall–Kier alpha value is -3.77. The average molecular weight is 384 g/mol. The van der Waals surface area contributed by atoms with Gasteiger partial charge in [-0.3, -0.25) is 9.78 Å². The first-order valence-corrected chi connectivity index (χ1v) is 9.29. The second-order valence-electron chi connectivity index (χ2n) is 6.53. The van der Waals surface area contributed by atoms with Gasteiger partial charge in [0.25, 0.3) is 5.91 Å². The molecule has 2 aromatic heterocycles. The van der Waals surface area contributed by atoms with Gasteiger partial charge in [0.15, 0.2) is 5.69 Å². The molecule has 0 saturated heterocycles. The number of aliphatic hydroxyl groups is 1. The molecule has 0 aliphatic carbocycles. The number of hydrogen-bond donors (Lipinski definition) is 2. The molecule has 0 spiro atoms. The minimum atomic E-state index is -0.813. The molecule has 4 rings (SSSR count). The molecular formula is C23H20N4O2. The lowest BCUT2D eigenvalue weighted by Crippen LogP contribution is -2.28. The third kappa shape index (κ3) is 4.23. The van der Waals surface area contributed by atoms with Crippen LogP contribution in [-0.2, 0) is 0 Å². The van der Waals surface area contributed by atoms with Crippen LogP contribution in [0.15, 0.2) is 91.3 Å². The van der Waals surface area contributed by atoms with Crippen molar-refractivity contribution in [3.63, 3.8) is 0 Å². The highest BCUT2D eigenvalue weighted by Crippen LogP contribution is 2.24. The quantitative estimate of drug-likeness (QED) is 0.534. The number of carbonyl (C=O) groups excluding carboxylic acids is 1. The molecule has 2 N–H and O–H groups in total. The summed E-state index contributed by atoms with van der Waals surface area (Å²) in [6, 6.07) is 24.7. The highest BCUT2D eigenvalue weighted by Gasteiger charge is 2.17. The summed E-state index contributed by atoms with van der Waals surface area (Å²) in [4.78, 5) is 16.6. The van der Waals surface area contributed by atoms with Crippen molar-refractivity contribution < 1.29 is 9.90 Å². The van der Waals surface area contributed by atoms with Crippen molar-refractivity contribution in [1.29, 1.82) is 0 Å². The molecule has 0 radical (unpaired) electrons. The highest BCUT2D eigenvalue weighted by atomic mass is 16.3. The monoisotopic (exact) mass is 384 g/mol. The van der Waals surface area contributed by atoms with Crippen LogP contribution in [0, 0.1) is 0 Å². The molecule has 0 fully saturated rings. The number of aromatic nitrogens is 3. The highest BCUT2D eigenvalue weighted by molar-refractivity contribution is 5.93. The third-order valence-corrected chi connectivity index (χ3v) is 4.56. The van der Waals surface area contributed by atoms with E-state index < -0.39 is 6.10 Å². The van der Waals surface area contributed by atoms with E-state index in [1.165, 1.54) is 0 Å². The number of carbonyl (C=O) groups is 1. The van der Waals surface area contributed by atoms with E-state index in [-0.39, 0.29) is 18.1 Å². The lowest BCUT2D eigenvalue weighted by Gasteiger charge is -2.11. The Morgan fingerprint density at radius 3 is 2.31 bits per heavy atom. The van der Waals surface area contributed by atoms with E-state index in [1.807, 2.05) is 60.7 Å². The first-order chi connectivity index (χ1) is 14.2. The van der Waals surface area contributed by atoms with E-state index in [0.717, 1.165) is 16.9 Å². The number of benzene rings is 2. The number of aliphatic hydroxyl groups excluding tert-OH is 1. The van der Waals surface area contributed by atoms with Gasteiger partial charge in [0.2, 0.25) is 0 Å². The number of amides is 1. The van der Waals surface area contributed by atoms with Crippen LogP contribution < -0.4 is 5.32 Å². The second kappa shape index (κ2) is 8.50. The second-order valence-corrected chi connectivity index (χ2v) is 6.53. The molecule has 1 unspecified atom stereocenters. The van der Waals surface area contributed by atoms with Gasteiger partial charge in [0, 0.05) is 24.5 Å². The van der Waals surface area contributed by atoms with E-state index in [4.69, 9.17) is 0 Å². The Kier molecular flexibility index (Phi) is 5.45. The summed E-state index contributed by atoms with van der Waals surface area (Å²) in [5.41, 5.74) is 3.62. The van der Waals surface area contributed by atoms with Crippen molar-refractivity contribution in [3.05, 3.63) is 103 Å². The summed E-state index contributed by atoms with van der Waals surface area (Å²) in [6.45, 7) is 0.0850. The van der Waals surface area contributed by atoms with Gasteiger partial charge in [-0.25, -0.2) is 4.68 Å². The molecule has 4 aromatic rings. The molecule has 29 heavy (non-hydrogen) atoms. The van der Waals surface area contributed by atoms with Crippen LogP contribution in [0.3, 0.4) is 0 Å². The number of nitrogens with one attached hydrogen (secondary N) is 1. The van der Waals surface area contributed by atoms with Gasteiger partial charge in [0.05, 0.1) is 17.5 Å². The van der Waals surface area contributed by atoms with Crippen LogP contribution in [-0.4, -0.2) is 32.3 Å². The van der Waals surface area contributed by atoms with Gasteiger partial charge in [0.1, 0.15) is 0 Å². The molecule has 0 saturated carbocycles. The maximum atomic E-state index is 12.7. The van der Waals surface area contributed by atoms with Gasteiger partial charge in [-0.15, -0.1) is 0 Å². The summed E-state index contributed by atoms with van der Waals surface area (Å²) in [5.74, 6) is -0.343. The lowest BCUT2D eigenvalue weighted by atomic mass is 10.1. The fourth-order valence-electron chi connectivity index (χ4n) is 3.06. The van der Waals surface area contributed by atoms with Crippen molar-refractivity contribution >= 4 is 5.91 Å². The Bertz CT molecular complexity index is 1020. The summed E-state index contributed by atoms with van der Waals surface area (Å²) in [6.07, 6.45) is 2.40. The van der Waals surface area contributed by atoms with Crippen LogP contribution in [0.4, 0.5) is 0 Å². The van der Waals surface area contributed by atoms with Crippen LogP contribution >= 0.6 is 0 Å². The largest absolute Gasteiger partial charge is 0.387 e. The molecule has 6 nitrogen and oxygen atoms in total. The molecule has 6 heteroatoms. The van der Waals surface area contributed by atoms with E-state index >= 15 is 0 Å². The van der Waals surface area contributed by atoms with Crippen LogP contribution in [0.2, 0.25) is 0 Å². The van der Waals surface area contributed by atoms with Gasteiger partial charge < -0.3 is 10.4 Å². The minimum Gasteiger partial charge on any atom is -0.387 e. The number of pyridine rings is 1. The first kappa shape index (κ1) is 18.6. The number of hydrogen-bond acceptors (Lipinski definition) is 4. The Balaban J connectivity index is 1.59. The average Bonchev–Trinajstić information content (AvgIpc) is 3.25. The topological polar surface area (TPSA) is 80.0 Å². The van der Waals surface area contributed by atoms with Crippen molar-refractivity contribution in [2.75, 3.05) is 6.54 Å². The number of rotatable bonds is 6.